The normalized spacial score (nSPS) is 24.7. The molecule has 1 aliphatic carbocycles. The van der Waals surface area contributed by atoms with Gasteiger partial charge in [-0.1, -0.05) is 36.8 Å². The van der Waals surface area contributed by atoms with Crippen LogP contribution in [0.4, 0.5) is 0 Å². The van der Waals surface area contributed by atoms with Crippen LogP contribution in [-0.2, 0) is 18.4 Å². The molecular formula is C21H26N4O2. The van der Waals surface area contributed by atoms with Crippen LogP contribution in [0.15, 0.2) is 42.7 Å². The Morgan fingerprint density at radius 3 is 2.85 bits per heavy atom. The van der Waals surface area contributed by atoms with Gasteiger partial charge in [-0.25, -0.2) is 0 Å². The predicted molar refractivity (Wildman–Crippen MR) is 102 cm³/mol. The van der Waals surface area contributed by atoms with Crippen molar-refractivity contribution in [3.05, 3.63) is 53.9 Å². The van der Waals surface area contributed by atoms with Gasteiger partial charge in [-0.05, 0) is 24.8 Å². The molecule has 0 unspecified atom stereocenters. The van der Waals surface area contributed by atoms with Gasteiger partial charge < -0.3 is 10.2 Å². The topological polar surface area (TPSA) is 67.2 Å². The second-order valence-corrected chi connectivity index (χ2v) is 7.86. The molecule has 4 rings (SSSR count). The van der Waals surface area contributed by atoms with E-state index in [9.17, 15) is 9.59 Å². The number of carbonyl (C=O) groups excluding carboxylic acids is 2. The first-order chi connectivity index (χ1) is 13.1. The van der Waals surface area contributed by atoms with Gasteiger partial charge in [0.2, 0.25) is 5.91 Å². The number of aryl methyl sites for hydroxylation is 1. The van der Waals surface area contributed by atoms with Crippen molar-refractivity contribution in [2.45, 2.75) is 44.7 Å². The van der Waals surface area contributed by atoms with Crippen molar-refractivity contribution in [2.75, 3.05) is 6.54 Å². The number of carbonyl (C=O) groups is 2. The van der Waals surface area contributed by atoms with E-state index in [0.717, 1.165) is 31.2 Å². The maximum atomic E-state index is 12.7. The van der Waals surface area contributed by atoms with Crippen molar-refractivity contribution in [1.29, 1.82) is 0 Å². The number of amides is 2. The number of nitrogens with zero attached hydrogens (tertiary/aromatic N) is 3. The van der Waals surface area contributed by atoms with Crippen LogP contribution >= 0.6 is 0 Å². The Morgan fingerprint density at radius 2 is 2.11 bits per heavy atom. The largest absolute Gasteiger partial charge is 0.351 e. The highest BCUT2D eigenvalue weighted by molar-refractivity contribution is 5.93. The Balaban J connectivity index is 1.49. The molecule has 1 aliphatic heterocycles. The van der Waals surface area contributed by atoms with Crippen molar-refractivity contribution in [1.82, 2.24) is 20.0 Å². The summed E-state index contributed by atoms with van der Waals surface area (Å²) in [4.78, 5) is 27.2. The third-order valence-electron chi connectivity index (χ3n) is 6.16. The molecule has 2 amide bonds. The van der Waals surface area contributed by atoms with Crippen molar-refractivity contribution in [3.8, 4) is 0 Å². The van der Waals surface area contributed by atoms with E-state index in [2.05, 4.69) is 27.4 Å². The first-order valence-electron chi connectivity index (χ1n) is 9.68. The zero-order valence-electron chi connectivity index (χ0n) is 15.7. The summed E-state index contributed by atoms with van der Waals surface area (Å²) in [6.45, 7) is 1.27. The van der Waals surface area contributed by atoms with Gasteiger partial charge in [0.05, 0.1) is 11.8 Å². The third kappa shape index (κ3) is 3.48. The Morgan fingerprint density at radius 1 is 1.30 bits per heavy atom. The Hall–Kier alpha value is -2.63. The fourth-order valence-corrected chi connectivity index (χ4v) is 4.74. The smallest absolute Gasteiger partial charge is 0.254 e. The van der Waals surface area contributed by atoms with Crippen LogP contribution in [0.2, 0.25) is 0 Å². The molecule has 142 valence electrons. The Kier molecular flexibility index (Phi) is 4.72. The molecule has 1 aromatic heterocycles. The van der Waals surface area contributed by atoms with E-state index >= 15 is 0 Å². The highest BCUT2D eigenvalue weighted by atomic mass is 16.2. The summed E-state index contributed by atoms with van der Waals surface area (Å²) in [6.07, 6.45) is 7.91. The van der Waals surface area contributed by atoms with E-state index in [1.165, 1.54) is 0 Å². The fraction of sp³-hybridized carbons (Fsp3) is 0.476. The molecule has 2 fully saturated rings. The minimum atomic E-state index is -0.0883. The van der Waals surface area contributed by atoms with Gasteiger partial charge in [-0.15, -0.1) is 0 Å². The standard InChI is InChI=1S/C21H26N4O2/c1-24-14-17(12-23-24)20(27)22-15-21-10-5-8-18(21)25(19(26)9-11-21)13-16-6-3-2-4-7-16/h2-4,6-7,12,14,18H,5,8-11,13,15H2,1H3,(H,22,27)/t18-,21+/m1/s1. The molecule has 0 radical (unpaired) electrons. The van der Waals surface area contributed by atoms with Gasteiger partial charge in [-0.3, -0.25) is 14.3 Å². The predicted octanol–water partition coefficient (Wildman–Crippen LogP) is 2.51. The molecule has 6 nitrogen and oxygen atoms in total. The average molecular weight is 366 g/mol. The van der Waals surface area contributed by atoms with Gasteiger partial charge in [0, 0.05) is 44.2 Å². The second kappa shape index (κ2) is 7.18. The second-order valence-electron chi connectivity index (χ2n) is 7.86. The van der Waals surface area contributed by atoms with Crippen LogP contribution in [0.5, 0.6) is 0 Å². The number of benzene rings is 1. The number of hydrogen-bond acceptors (Lipinski definition) is 3. The van der Waals surface area contributed by atoms with Crippen LogP contribution < -0.4 is 5.32 Å². The number of aromatic nitrogens is 2. The molecule has 0 spiro atoms. The maximum Gasteiger partial charge on any atom is 0.254 e. The van der Waals surface area contributed by atoms with Crippen molar-refractivity contribution in [3.63, 3.8) is 0 Å². The number of likely N-dealkylation sites (tertiary alicyclic amines) is 1. The van der Waals surface area contributed by atoms with Crippen molar-refractivity contribution >= 4 is 11.8 Å². The zero-order chi connectivity index (χ0) is 18.9. The summed E-state index contributed by atoms with van der Waals surface area (Å²) >= 11 is 0. The summed E-state index contributed by atoms with van der Waals surface area (Å²) in [5, 5.41) is 7.18. The molecule has 2 aromatic rings. The lowest BCUT2D eigenvalue weighted by molar-refractivity contribution is -0.142. The first-order valence-corrected chi connectivity index (χ1v) is 9.68. The van der Waals surface area contributed by atoms with Crippen LogP contribution in [0.25, 0.3) is 0 Å². The Labute approximate surface area is 159 Å². The highest BCUT2D eigenvalue weighted by Crippen LogP contribution is 2.48. The van der Waals surface area contributed by atoms with Crippen LogP contribution in [0.3, 0.4) is 0 Å². The number of piperidine rings is 1. The van der Waals surface area contributed by atoms with Gasteiger partial charge in [0.25, 0.3) is 5.91 Å². The molecule has 1 aromatic carbocycles. The van der Waals surface area contributed by atoms with Crippen LogP contribution in [0, 0.1) is 5.41 Å². The third-order valence-corrected chi connectivity index (χ3v) is 6.16. The van der Waals surface area contributed by atoms with Gasteiger partial charge >= 0.3 is 0 Å². The monoisotopic (exact) mass is 366 g/mol. The summed E-state index contributed by atoms with van der Waals surface area (Å²) in [7, 11) is 1.80. The SMILES string of the molecule is Cn1cc(C(=O)NC[C@@]23CCC[C@H]2N(Cc2ccccc2)C(=O)CC3)cn1. The number of nitrogens with one attached hydrogen (secondary N) is 1. The minimum absolute atomic E-state index is 0.0133. The van der Waals surface area contributed by atoms with Crippen molar-refractivity contribution < 1.29 is 9.59 Å². The number of rotatable bonds is 5. The van der Waals surface area contributed by atoms with E-state index in [4.69, 9.17) is 0 Å². The zero-order valence-corrected chi connectivity index (χ0v) is 15.7. The summed E-state index contributed by atoms with van der Waals surface area (Å²) in [5.74, 6) is 0.148. The molecule has 1 saturated heterocycles. The van der Waals surface area contributed by atoms with Gasteiger partial charge in [0.1, 0.15) is 0 Å². The van der Waals surface area contributed by atoms with Gasteiger partial charge in [-0.2, -0.15) is 5.10 Å². The quantitative estimate of drug-likeness (QED) is 0.884. The molecule has 1 N–H and O–H groups in total. The molecule has 6 heteroatoms. The summed E-state index contributed by atoms with van der Waals surface area (Å²) in [5.41, 5.74) is 1.73. The van der Waals surface area contributed by atoms with E-state index in [1.807, 2.05) is 18.2 Å². The van der Waals surface area contributed by atoms with Gasteiger partial charge in [0.15, 0.2) is 0 Å². The molecule has 0 bridgehead atoms. The lowest BCUT2D eigenvalue weighted by Crippen LogP contribution is -2.55. The van der Waals surface area contributed by atoms with Crippen molar-refractivity contribution in [2.24, 2.45) is 12.5 Å². The summed E-state index contributed by atoms with van der Waals surface area (Å²) in [6, 6.07) is 10.4. The fourth-order valence-electron chi connectivity index (χ4n) is 4.74. The highest BCUT2D eigenvalue weighted by Gasteiger charge is 2.50. The lowest BCUT2D eigenvalue weighted by Gasteiger charge is -2.46. The minimum Gasteiger partial charge on any atom is -0.351 e. The Bertz CT molecular complexity index is 832. The number of fused-ring (bicyclic) bond motifs is 1. The lowest BCUT2D eigenvalue weighted by atomic mass is 9.74. The van der Waals surface area contributed by atoms with E-state index in [1.54, 1.807) is 24.1 Å². The van der Waals surface area contributed by atoms with Crippen LogP contribution in [-0.4, -0.2) is 39.1 Å². The molecule has 2 aliphatic rings. The molecule has 2 atom stereocenters. The molecule has 1 saturated carbocycles. The average Bonchev–Trinajstić information content (AvgIpc) is 3.30. The summed E-state index contributed by atoms with van der Waals surface area (Å²) < 4.78 is 1.63. The molecular weight excluding hydrogens is 340 g/mol. The van der Waals surface area contributed by atoms with E-state index in [-0.39, 0.29) is 23.3 Å². The first kappa shape index (κ1) is 17.8. The van der Waals surface area contributed by atoms with E-state index in [0.29, 0.717) is 25.1 Å². The van der Waals surface area contributed by atoms with E-state index < -0.39 is 0 Å². The van der Waals surface area contributed by atoms with Crippen LogP contribution in [0.1, 0.15) is 48.0 Å². The maximum absolute atomic E-state index is 12.7. The molecule has 27 heavy (non-hydrogen) atoms. The molecule has 2 heterocycles. The number of hydrogen-bond donors (Lipinski definition) is 1.